The van der Waals surface area contributed by atoms with Crippen molar-refractivity contribution >= 4 is 10.8 Å². The fourth-order valence-corrected chi connectivity index (χ4v) is 2.63. The molecule has 0 amide bonds. The molecule has 1 heteroatoms. The van der Waals surface area contributed by atoms with E-state index in [9.17, 15) is 5.11 Å². The van der Waals surface area contributed by atoms with E-state index in [0.717, 1.165) is 12.0 Å². The van der Waals surface area contributed by atoms with Gasteiger partial charge in [-0.05, 0) is 34.2 Å². The van der Waals surface area contributed by atoms with Crippen molar-refractivity contribution in [1.82, 2.24) is 0 Å². The Labute approximate surface area is 89.4 Å². The Morgan fingerprint density at radius 3 is 2.67 bits per heavy atom. The lowest BCUT2D eigenvalue weighted by atomic mass is 9.81. The van der Waals surface area contributed by atoms with Crippen molar-refractivity contribution in [3.63, 3.8) is 0 Å². The van der Waals surface area contributed by atoms with Crippen molar-refractivity contribution in [2.24, 2.45) is 5.92 Å². The molecule has 15 heavy (non-hydrogen) atoms. The van der Waals surface area contributed by atoms with Crippen molar-refractivity contribution < 1.29 is 5.11 Å². The van der Waals surface area contributed by atoms with Gasteiger partial charge in [-0.15, -0.1) is 0 Å². The molecule has 0 spiro atoms. The van der Waals surface area contributed by atoms with Crippen LogP contribution in [-0.4, -0.2) is 5.11 Å². The molecule has 2 unspecified atom stereocenters. The summed E-state index contributed by atoms with van der Waals surface area (Å²) < 4.78 is 0. The monoisotopic (exact) mass is 198 g/mol. The third-order valence-corrected chi connectivity index (χ3v) is 3.42. The van der Waals surface area contributed by atoms with E-state index in [0.29, 0.717) is 5.92 Å². The smallest absolute Gasteiger partial charge is 0.0824 e. The third kappa shape index (κ3) is 1.20. The van der Waals surface area contributed by atoms with Crippen molar-refractivity contribution in [2.45, 2.75) is 19.4 Å². The fraction of sp³-hybridized carbons (Fsp3) is 0.286. The summed E-state index contributed by atoms with van der Waals surface area (Å²) in [6, 6.07) is 12.6. The average molecular weight is 198 g/mol. The summed E-state index contributed by atoms with van der Waals surface area (Å²) in [5, 5.41) is 12.7. The first-order valence-corrected chi connectivity index (χ1v) is 5.46. The van der Waals surface area contributed by atoms with Crippen LogP contribution in [0.15, 0.2) is 36.4 Å². The van der Waals surface area contributed by atoms with Crippen molar-refractivity contribution in [3.8, 4) is 0 Å². The van der Waals surface area contributed by atoms with Crippen molar-refractivity contribution in [3.05, 3.63) is 47.5 Å². The summed E-state index contributed by atoms with van der Waals surface area (Å²) in [6.45, 7) is 2.11. The van der Waals surface area contributed by atoms with E-state index >= 15 is 0 Å². The molecule has 1 nitrogen and oxygen atoms in total. The zero-order valence-corrected chi connectivity index (χ0v) is 8.77. The standard InChI is InChI=1S/C14H14O/c1-9-8-11-6-2-4-10-5-3-7-12(13(10)11)14(9)15/h2-7,9,14-15H,8H2,1H3. The quantitative estimate of drug-likeness (QED) is 0.689. The second-order valence-corrected chi connectivity index (χ2v) is 4.49. The molecule has 76 valence electrons. The summed E-state index contributed by atoms with van der Waals surface area (Å²) in [5.74, 6) is 0.325. The Bertz CT molecular complexity index is 510. The van der Waals surface area contributed by atoms with Crippen molar-refractivity contribution in [2.75, 3.05) is 0 Å². The molecule has 0 saturated heterocycles. The minimum atomic E-state index is -0.302. The second-order valence-electron chi connectivity index (χ2n) is 4.49. The molecule has 0 radical (unpaired) electrons. The van der Waals surface area contributed by atoms with Crippen LogP contribution in [0.4, 0.5) is 0 Å². The van der Waals surface area contributed by atoms with Gasteiger partial charge in [-0.2, -0.15) is 0 Å². The molecule has 0 aromatic heterocycles. The summed E-state index contributed by atoms with van der Waals surface area (Å²) in [4.78, 5) is 0. The van der Waals surface area contributed by atoms with Gasteiger partial charge in [-0.25, -0.2) is 0 Å². The van der Waals surface area contributed by atoms with E-state index in [1.807, 2.05) is 12.1 Å². The molecule has 2 atom stereocenters. The highest BCUT2D eigenvalue weighted by atomic mass is 16.3. The normalized spacial score (nSPS) is 24.4. The zero-order valence-electron chi connectivity index (χ0n) is 8.77. The predicted molar refractivity (Wildman–Crippen MR) is 61.8 cm³/mol. The van der Waals surface area contributed by atoms with Gasteiger partial charge in [0.25, 0.3) is 0 Å². The van der Waals surface area contributed by atoms with Crippen LogP contribution in [0.25, 0.3) is 10.8 Å². The number of benzene rings is 2. The van der Waals surface area contributed by atoms with E-state index in [4.69, 9.17) is 0 Å². The van der Waals surface area contributed by atoms with Crippen LogP contribution in [0.2, 0.25) is 0 Å². The largest absolute Gasteiger partial charge is 0.388 e. The van der Waals surface area contributed by atoms with Crippen LogP contribution in [0.5, 0.6) is 0 Å². The molecule has 2 aromatic rings. The molecule has 1 aliphatic carbocycles. The van der Waals surface area contributed by atoms with Gasteiger partial charge < -0.3 is 5.11 Å². The highest BCUT2D eigenvalue weighted by Crippen LogP contribution is 2.38. The lowest BCUT2D eigenvalue weighted by molar-refractivity contribution is 0.116. The molecule has 0 saturated carbocycles. The van der Waals surface area contributed by atoms with Gasteiger partial charge in [0.15, 0.2) is 0 Å². The Balaban J connectivity index is 2.41. The number of hydrogen-bond acceptors (Lipinski definition) is 1. The van der Waals surface area contributed by atoms with Crippen LogP contribution >= 0.6 is 0 Å². The molecule has 3 rings (SSSR count). The molecule has 2 aromatic carbocycles. The highest BCUT2D eigenvalue weighted by molar-refractivity contribution is 5.90. The third-order valence-electron chi connectivity index (χ3n) is 3.42. The summed E-state index contributed by atoms with van der Waals surface area (Å²) in [7, 11) is 0. The molecule has 0 fully saturated rings. The fourth-order valence-electron chi connectivity index (χ4n) is 2.63. The van der Waals surface area contributed by atoms with Crippen LogP contribution in [-0.2, 0) is 6.42 Å². The first kappa shape index (κ1) is 8.93. The van der Waals surface area contributed by atoms with Crippen LogP contribution in [0.3, 0.4) is 0 Å². The van der Waals surface area contributed by atoms with E-state index < -0.39 is 0 Å². The van der Waals surface area contributed by atoms with Gasteiger partial charge >= 0.3 is 0 Å². The van der Waals surface area contributed by atoms with E-state index in [1.54, 1.807) is 0 Å². The van der Waals surface area contributed by atoms with Gasteiger partial charge in [0, 0.05) is 0 Å². The Kier molecular flexibility index (Phi) is 1.83. The predicted octanol–water partition coefficient (Wildman–Crippen LogP) is 3.07. The van der Waals surface area contributed by atoms with Crippen LogP contribution < -0.4 is 0 Å². The molecule has 1 N–H and O–H groups in total. The maximum Gasteiger partial charge on any atom is 0.0824 e. The van der Waals surface area contributed by atoms with E-state index in [1.165, 1.54) is 16.3 Å². The number of hydrogen-bond donors (Lipinski definition) is 1. The minimum Gasteiger partial charge on any atom is -0.388 e. The first-order valence-electron chi connectivity index (χ1n) is 5.46. The van der Waals surface area contributed by atoms with E-state index in [-0.39, 0.29) is 6.10 Å². The van der Waals surface area contributed by atoms with Crippen LogP contribution in [0.1, 0.15) is 24.2 Å². The molecule has 0 aliphatic heterocycles. The first-order chi connectivity index (χ1) is 7.27. The lowest BCUT2D eigenvalue weighted by Crippen LogP contribution is -2.17. The van der Waals surface area contributed by atoms with Gasteiger partial charge in [-0.3, -0.25) is 0 Å². The zero-order chi connectivity index (χ0) is 10.4. The van der Waals surface area contributed by atoms with Crippen molar-refractivity contribution in [1.29, 1.82) is 0 Å². The summed E-state index contributed by atoms with van der Waals surface area (Å²) in [5.41, 5.74) is 2.47. The number of rotatable bonds is 0. The summed E-state index contributed by atoms with van der Waals surface area (Å²) >= 11 is 0. The maximum atomic E-state index is 10.1. The number of aliphatic hydroxyl groups is 1. The Morgan fingerprint density at radius 1 is 1.13 bits per heavy atom. The van der Waals surface area contributed by atoms with Crippen LogP contribution in [0, 0.1) is 5.92 Å². The lowest BCUT2D eigenvalue weighted by Gasteiger charge is -2.27. The van der Waals surface area contributed by atoms with Gasteiger partial charge in [0.2, 0.25) is 0 Å². The van der Waals surface area contributed by atoms with E-state index in [2.05, 4.69) is 31.2 Å². The summed E-state index contributed by atoms with van der Waals surface area (Å²) in [6.07, 6.45) is 0.679. The maximum absolute atomic E-state index is 10.1. The van der Waals surface area contributed by atoms with Gasteiger partial charge in [-0.1, -0.05) is 43.3 Å². The molecule has 1 aliphatic rings. The Morgan fingerprint density at radius 2 is 1.87 bits per heavy atom. The topological polar surface area (TPSA) is 20.2 Å². The Hall–Kier alpha value is -1.34. The molecular formula is C14H14O. The molecule has 0 heterocycles. The average Bonchev–Trinajstić information content (AvgIpc) is 2.26. The number of aliphatic hydroxyl groups excluding tert-OH is 1. The molecule has 0 bridgehead atoms. The second kappa shape index (κ2) is 3.07. The SMILES string of the molecule is CC1Cc2cccc3cccc(c23)C1O. The highest BCUT2D eigenvalue weighted by Gasteiger charge is 2.25. The van der Waals surface area contributed by atoms with Gasteiger partial charge in [0.05, 0.1) is 6.10 Å². The van der Waals surface area contributed by atoms with Gasteiger partial charge in [0.1, 0.15) is 0 Å². The minimum absolute atomic E-state index is 0.302. The molecular weight excluding hydrogens is 184 g/mol.